The van der Waals surface area contributed by atoms with E-state index in [1.807, 2.05) is 15.8 Å². The van der Waals surface area contributed by atoms with E-state index in [9.17, 15) is 4.79 Å². The van der Waals surface area contributed by atoms with E-state index in [0.29, 0.717) is 36.1 Å². The maximum absolute atomic E-state index is 12.7. The molecule has 1 saturated heterocycles. The Morgan fingerprint density at radius 1 is 1.39 bits per heavy atom. The van der Waals surface area contributed by atoms with Crippen molar-refractivity contribution in [3.05, 3.63) is 34.6 Å². The van der Waals surface area contributed by atoms with E-state index >= 15 is 0 Å². The molecule has 23 heavy (non-hydrogen) atoms. The van der Waals surface area contributed by atoms with Gasteiger partial charge in [0.15, 0.2) is 0 Å². The Morgan fingerprint density at radius 3 is 2.74 bits per heavy atom. The molecule has 3 rings (SSSR count). The molecule has 0 bridgehead atoms. The number of likely N-dealkylation sites (tertiary alicyclic amines) is 1. The monoisotopic (exact) mass is 379 g/mol. The van der Waals surface area contributed by atoms with Crippen LogP contribution in [0.15, 0.2) is 29.0 Å². The first-order valence-electron chi connectivity index (χ1n) is 7.38. The summed E-state index contributed by atoms with van der Waals surface area (Å²) in [5.74, 6) is 0.562. The summed E-state index contributed by atoms with van der Waals surface area (Å²) in [7, 11) is 1.57. The molecule has 1 aromatic carbocycles. The molecular weight excluding hydrogens is 362 g/mol. The Labute approximate surface area is 142 Å². The lowest BCUT2D eigenvalue weighted by Gasteiger charge is -2.32. The van der Waals surface area contributed by atoms with Crippen molar-refractivity contribution in [2.45, 2.75) is 18.9 Å². The second kappa shape index (κ2) is 6.57. The van der Waals surface area contributed by atoms with Crippen LogP contribution in [-0.2, 0) is 0 Å². The third kappa shape index (κ3) is 3.17. The van der Waals surface area contributed by atoms with Gasteiger partial charge in [0.25, 0.3) is 5.91 Å². The van der Waals surface area contributed by atoms with Crippen LogP contribution in [0.1, 0.15) is 29.2 Å². The van der Waals surface area contributed by atoms with E-state index in [0.717, 1.165) is 17.3 Å². The molecule has 0 saturated carbocycles. The van der Waals surface area contributed by atoms with Crippen molar-refractivity contribution >= 4 is 27.5 Å². The Balaban J connectivity index is 1.71. The predicted octanol–water partition coefficient (Wildman–Crippen LogP) is 2.11. The van der Waals surface area contributed by atoms with Gasteiger partial charge in [-0.1, -0.05) is 5.21 Å². The van der Waals surface area contributed by atoms with Crippen LogP contribution in [0.2, 0.25) is 0 Å². The number of halogens is 1. The van der Waals surface area contributed by atoms with Crippen molar-refractivity contribution < 1.29 is 9.53 Å². The molecule has 1 aliphatic rings. The molecule has 122 valence electrons. The number of piperidine rings is 1. The Morgan fingerprint density at radius 2 is 2.13 bits per heavy atom. The summed E-state index contributed by atoms with van der Waals surface area (Å²) in [6.45, 7) is 1.35. The fourth-order valence-corrected chi connectivity index (χ4v) is 3.33. The highest BCUT2D eigenvalue weighted by Crippen LogP contribution is 2.31. The minimum Gasteiger partial charge on any atom is -0.495 e. The molecule has 1 fully saturated rings. The molecule has 0 aliphatic carbocycles. The number of hydrogen-bond acceptors (Lipinski definition) is 5. The average Bonchev–Trinajstić information content (AvgIpc) is 3.10. The number of anilines is 1. The van der Waals surface area contributed by atoms with Crippen molar-refractivity contribution in [3.8, 4) is 5.75 Å². The Hall–Kier alpha value is -2.09. The van der Waals surface area contributed by atoms with Crippen LogP contribution in [0.5, 0.6) is 5.75 Å². The first-order chi connectivity index (χ1) is 11.1. The second-order valence-corrected chi connectivity index (χ2v) is 6.33. The number of rotatable bonds is 3. The van der Waals surface area contributed by atoms with Crippen molar-refractivity contribution in [2.24, 2.45) is 0 Å². The standard InChI is InChI=1S/C15H18BrN5O2/c1-23-14-9-13(17)11(8-12(14)16)15(22)20-5-2-10(3-6-20)21-7-4-18-19-21/h4,7-10H,2-3,5-6,17H2,1H3. The number of carbonyl (C=O) groups excluding carboxylic acids is 1. The molecule has 0 atom stereocenters. The van der Waals surface area contributed by atoms with Crippen LogP contribution in [0.3, 0.4) is 0 Å². The third-order valence-corrected chi connectivity index (χ3v) is 4.74. The lowest BCUT2D eigenvalue weighted by atomic mass is 10.0. The smallest absolute Gasteiger partial charge is 0.255 e. The number of nitrogen functional groups attached to an aromatic ring is 1. The summed E-state index contributed by atoms with van der Waals surface area (Å²) in [5.41, 5.74) is 6.93. The minimum absolute atomic E-state index is 0.0529. The van der Waals surface area contributed by atoms with Gasteiger partial charge in [0.05, 0.1) is 29.4 Å². The third-order valence-electron chi connectivity index (χ3n) is 4.12. The van der Waals surface area contributed by atoms with Gasteiger partial charge < -0.3 is 15.4 Å². The lowest BCUT2D eigenvalue weighted by molar-refractivity contribution is 0.0690. The molecule has 0 unspecified atom stereocenters. The molecular formula is C15H18BrN5O2. The number of amides is 1. The summed E-state index contributed by atoms with van der Waals surface area (Å²) in [6, 6.07) is 3.68. The van der Waals surface area contributed by atoms with Crippen LogP contribution in [-0.4, -0.2) is 46.0 Å². The van der Waals surface area contributed by atoms with E-state index in [1.165, 1.54) is 0 Å². The zero-order valence-corrected chi connectivity index (χ0v) is 14.4. The lowest BCUT2D eigenvalue weighted by Crippen LogP contribution is -2.39. The quantitative estimate of drug-likeness (QED) is 0.825. The molecule has 0 spiro atoms. The van der Waals surface area contributed by atoms with Gasteiger partial charge >= 0.3 is 0 Å². The van der Waals surface area contributed by atoms with E-state index in [-0.39, 0.29) is 5.91 Å². The van der Waals surface area contributed by atoms with Gasteiger partial charge in [-0.25, -0.2) is 4.68 Å². The summed E-state index contributed by atoms with van der Waals surface area (Å²) >= 11 is 3.40. The number of benzene rings is 1. The zero-order valence-electron chi connectivity index (χ0n) is 12.8. The first kappa shape index (κ1) is 15.8. The van der Waals surface area contributed by atoms with Crippen molar-refractivity contribution in [3.63, 3.8) is 0 Å². The number of carbonyl (C=O) groups is 1. The summed E-state index contributed by atoms with van der Waals surface area (Å²) in [4.78, 5) is 14.5. The molecule has 1 aliphatic heterocycles. The first-order valence-corrected chi connectivity index (χ1v) is 8.17. The fourth-order valence-electron chi connectivity index (χ4n) is 2.83. The predicted molar refractivity (Wildman–Crippen MR) is 89.3 cm³/mol. The van der Waals surface area contributed by atoms with Gasteiger partial charge in [0, 0.05) is 31.0 Å². The van der Waals surface area contributed by atoms with Gasteiger partial charge in [-0.15, -0.1) is 5.10 Å². The molecule has 2 aromatic rings. The van der Waals surface area contributed by atoms with Crippen LogP contribution in [0.25, 0.3) is 0 Å². The number of nitrogens with two attached hydrogens (primary N) is 1. The highest BCUT2D eigenvalue weighted by atomic mass is 79.9. The van der Waals surface area contributed by atoms with Crippen molar-refractivity contribution in [2.75, 3.05) is 25.9 Å². The molecule has 1 aromatic heterocycles. The molecule has 8 heteroatoms. The number of ether oxygens (including phenoxy) is 1. The number of hydrogen-bond donors (Lipinski definition) is 1. The van der Waals surface area contributed by atoms with Gasteiger partial charge in [-0.05, 0) is 34.8 Å². The number of aromatic nitrogens is 3. The maximum atomic E-state index is 12.7. The molecule has 2 N–H and O–H groups in total. The highest BCUT2D eigenvalue weighted by Gasteiger charge is 2.26. The van der Waals surface area contributed by atoms with E-state index in [1.54, 1.807) is 25.4 Å². The second-order valence-electron chi connectivity index (χ2n) is 5.48. The molecule has 1 amide bonds. The fraction of sp³-hybridized carbons (Fsp3) is 0.400. The topological polar surface area (TPSA) is 86.3 Å². The molecule has 7 nitrogen and oxygen atoms in total. The average molecular weight is 380 g/mol. The van der Waals surface area contributed by atoms with Gasteiger partial charge in [0.2, 0.25) is 0 Å². The van der Waals surface area contributed by atoms with Gasteiger partial charge in [-0.3, -0.25) is 4.79 Å². The number of methoxy groups -OCH3 is 1. The van der Waals surface area contributed by atoms with Crippen LogP contribution >= 0.6 is 15.9 Å². The Bertz CT molecular complexity index is 696. The Kier molecular flexibility index (Phi) is 4.51. The summed E-state index contributed by atoms with van der Waals surface area (Å²) in [5, 5.41) is 7.87. The minimum atomic E-state index is -0.0529. The van der Waals surface area contributed by atoms with E-state index in [4.69, 9.17) is 10.5 Å². The van der Waals surface area contributed by atoms with Crippen molar-refractivity contribution in [1.82, 2.24) is 19.9 Å². The van der Waals surface area contributed by atoms with Crippen LogP contribution in [0.4, 0.5) is 5.69 Å². The van der Waals surface area contributed by atoms with Crippen LogP contribution < -0.4 is 10.5 Å². The number of nitrogens with zero attached hydrogens (tertiary/aromatic N) is 4. The summed E-state index contributed by atoms with van der Waals surface area (Å²) in [6.07, 6.45) is 5.24. The maximum Gasteiger partial charge on any atom is 0.255 e. The normalized spacial score (nSPS) is 15.7. The van der Waals surface area contributed by atoms with E-state index < -0.39 is 0 Å². The largest absolute Gasteiger partial charge is 0.495 e. The zero-order chi connectivity index (χ0) is 16.4. The summed E-state index contributed by atoms with van der Waals surface area (Å²) < 4.78 is 7.77. The molecule has 0 radical (unpaired) electrons. The van der Waals surface area contributed by atoms with Gasteiger partial charge in [-0.2, -0.15) is 0 Å². The van der Waals surface area contributed by atoms with Crippen molar-refractivity contribution in [1.29, 1.82) is 0 Å². The van der Waals surface area contributed by atoms with E-state index in [2.05, 4.69) is 26.2 Å². The van der Waals surface area contributed by atoms with Crippen LogP contribution in [0, 0.1) is 0 Å². The molecule has 2 heterocycles. The van der Waals surface area contributed by atoms with Gasteiger partial charge in [0.1, 0.15) is 5.75 Å². The SMILES string of the molecule is COc1cc(N)c(C(=O)N2CCC(n3ccnn3)CC2)cc1Br. The highest BCUT2D eigenvalue weighted by molar-refractivity contribution is 9.10.